The fourth-order valence-electron chi connectivity index (χ4n) is 5.08. The lowest BCUT2D eigenvalue weighted by Gasteiger charge is -2.51. The van der Waals surface area contributed by atoms with Crippen LogP contribution in [0.3, 0.4) is 0 Å². The first-order valence-electron chi connectivity index (χ1n) is 10.8. The number of nitrogens with one attached hydrogen (secondary N) is 2. The standard InChI is InChI=1S/C22H26N4O5/c23-21-5-7-22(8-6-21,31-12-21)11-24-10-13-1-2-14-15(9-13)20(30)26(19(14)29)16-3-4-17(27)25-18(16)28/h1-2,9,16,24H,3-8,10-12,23H2,(H,25,27,28). The molecule has 9 heteroatoms. The minimum Gasteiger partial charge on any atom is -0.372 e. The second-order valence-electron chi connectivity index (χ2n) is 9.26. The number of imide groups is 2. The molecule has 2 bridgehead atoms. The van der Waals surface area contributed by atoms with Crippen LogP contribution in [0, 0.1) is 0 Å². The lowest BCUT2D eigenvalue weighted by molar-refractivity contribution is -0.150. The first-order valence-corrected chi connectivity index (χ1v) is 10.8. The summed E-state index contributed by atoms with van der Waals surface area (Å²) in [6, 6.07) is 4.21. The number of ether oxygens (including phenoxy) is 1. The van der Waals surface area contributed by atoms with Crippen molar-refractivity contribution < 1.29 is 23.9 Å². The van der Waals surface area contributed by atoms with Crippen molar-refractivity contribution >= 4 is 23.6 Å². The maximum Gasteiger partial charge on any atom is 0.262 e. The highest BCUT2D eigenvalue weighted by atomic mass is 16.5. The summed E-state index contributed by atoms with van der Waals surface area (Å²) in [6.07, 6.45) is 4.08. The molecule has 1 aromatic carbocycles. The molecule has 0 aromatic heterocycles. The van der Waals surface area contributed by atoms with Crippen molar-refractivity contribution in [1.29, 1.82) is 0 Å². The van der Waals surface area contributed by atoms with Crippen molar-refractivity contribution in [3.63, 3.8) is 0 Å². The van der Waals surface area contributed by atoms with Gasteiger partial charge < -0.3 is 15.8 Å². The quantitative estimate of drug-likeness (QED) is 0.574. The molecule has 6 rings (SSSR count). The lowest BCUT2D eigenvalue weighted by atomic mass is 9.71. The molecule has 4 heterocycles. The van der Waals surface area contributed by atoms with Crippen molar-refractivity contribution in [2.75, 3.05) is 13.2 Å². The predicted octanol–water partition coefficient (Wildman–Crippen LogP) is 0.218. The van der Waals surface area contributed by atoms with Gasteiger partial charge in [0.15, 0.2) is 0 Å². The lowest BCUT2D eigenvalue weighted by Crippen LogP contribution is -2.62. The van der Waals surface area contributed by atoms with Gasteiger partial charge in [-0.15, -0.1) is 0 Å². The van der Waals surface area contributed by atoms with E-state index in [1.54, 1.807) is 12.1 Å². The Morgan fingerprint density at radius 3 is 2.52 bits per heavy atom. The summed E-state index contributed by atoms with van der Waals surface area (Å²) >= 11 is 0. The Labute approximate surface area is 179 Å². The molecule has 0 radical (unpaired) electrons. The summed E-state index contributed by atoms with van der Waals surface area (Å²) in [4.78, 5) is 50.2. The monoisotopic (exact) mass is 426 g/mol. The van der Waals surface area contributed by atoms with Gasteiger partial charge in [0.2, 0.25) is 11.8 Å². The first kappa shape index (κ1) is 20.3. The van der Waals surface area contributed by atoms with E-state index in [9.17, 15) is 19.2 Å². The summed E-state index contributed by atoms with van der Waals surface area (Å²) in [7, 11) is 0. The van der Waals surface area contributed by atoms with E-state index >= 15 is 0 Å². The molecular weight excluding hydrogens is 400 g/mol. The fraction of sp³-hybridized carbons (Fsp3) is 0.545. The summed E-state index contributed by atoms with van der Waals surface area (Å²) in [5.74, 6) is -1.97. The third kappa shape index (κ3) is 3.46. The average molecular weight is 426 g/mol. The molecule has 31 heavy (non-hydrogen) atoms. The van der Waals surface area contributed by atoms with E-state index in [2.05, 4.69) is 10.6 Å². The molecule has 4 N–H and O–H groups in total. The summed E-state index contributed by atoms with van der Waals surface area (Å²) in [5.41, 5.74) is 7.41. The Bertz CT molecular complexity index is 966. The van der Waals surface area contributed by atoms with Gasteiger partial charge in [0.1, 0.15) is 6.04 Å². The first-order chi connectivity index (χ1) is 14.8. The molecule has 1 aliphatic carbocycles. The molecule has 1 unspecified atom stereocenters. The number of benzene rings is 1. The van der Waals surface area contributed by atoms with E-state index in [-0.39, 0.29) is 29.9 Å². The molecule has 4 aliphatic heterocycles. The molecular formula is C22H26N4O5. The normalized spacial score (nSPS) is 32.4. The largest absolute Gasteiger partial charge is 0.372 e. The zero-order chi connectivity index (χ0) is 21.8. The predicted molar refractivity (Wildman–Crippen MR) is 109 cm³/mol. The number of rotatable bonds is 5. The van der Waals surface area contributed by atoms with Crippen LogP contribution in [0.1, 0.15) is 64.8 Å². The van der Waals surface area contributed by atoms with Gasteiger partial charge in [0.25, 0.3) is 11.8 Å². The minimum absolute atomic E-state index is 0.105. The van der Waals surface area contributed by atoms with Gasteiger partial charge in [-0.2, -0.15) is 0 Å². The molecule has 1 saturated carbocycles. The van der Waals surface area contributed by atoms with Crippen molar-refractivity contribution in [2.45, 2.75) is 62.3 Å². The summed E-state index contributed by atoms with van der Waals surface area (Å²) < 4.78 is 6.05. The number of nitrogens with two attached hydrogens (primary N) is 1. The molecule has 3 saturated heterocycles. The van der Waals surface area contributed by atoms with Gasteiger partial charge in [0.05, 0.1) is 23.3 Å². The van der Waals surface area contributed by atoms with E-state index in [0.29, 0.717) is 30.8 Å². The van der Waals surface area contributed by atoms with Crippen molar-refractivity contribution in [3.05, 3.63) is 34.9 Å². The Morgan fingerprint density at radius 2 is 1.84 bits per heavy atom. The maximum absolute atomic E-state index is 12.9. The Hall–Kier alpha value is -2.62. The smallest absolute Gasteiger partial charge is 0.262 e. The zero-order valence-electron chi connectivity index (χ0n) is 17.2. The second kappa shape index (κ2) is 7.22. The van der Waals surface area contributed by atoms with Crippen LogP contribution in [-0.2, 0) is 20.9 Å². The van der Waals surface area contributed by atoms with E-state index in [1.165, 1.54) is 0 Å². The maximum atomic E-state index is 12.9. The van der Waals surface area contributed by atoms with Gasteiger partial charge in [-0.3, -0.25) is 29.4 Å². The van der Waals surface area contributed by atoms with Gasteiger partial charge in [-0.25, -0.2) is 0 Å². The summed E-state index contributed by atoms with van der Waals surface area (Å²) in [5, 5.41) is 5.63. The number of hydrogen-bond acceptors (Lipinski definition) is 7. The van der Waals surface area contributed by atoms with E-state index in [0.717, 1.165) is 36.1 Å². The highest BCUT2D eigenvalue weighted by molar-refractivity contribution is 6.23. The van der Waals surface area contributed by atoms with Gasteiger partial charge in [-0.1, -0.05) is 6.07 Å². The number of fused-ring (bicyclic) bond motifs is 4. The molecule has 1 atom stereocenters. The molecule has 164 valence electrons. The molecule has 4 fully saturated rings. The van der Waals surface area contributed by atoms with Gasteiger partial charge in [0, 0.05) is 25.0 Å². The number of hydrogen-bond donors (Lipinski definition) is 3. The number of carbonyl (C=O) groups excluding carboxylic acids is 4. The van der Waals surface area contributed by atoms with E-state index in [1.807, 2.05) is 6.07 Å². The average Bonchev–Trinajstić information content (AvgIpc) is 2.99. The Balaban J connectivity index is 1.25. The zero-order valence-corrected chi connectivity index (χ0v) is 17.2. The van der Waals surface area contributed by atoms with Crippen LogP contribution in [0.25, 0.3) is 0 Å². The Morgan fingerprint density at radius 1 is 1.10 bits per heavy atom. The molecule has 5 aliphatic rings. The molecule has 4 amide bonds. The number of carbonyl (C=O) groups is 4. The summed E-state index contributed by atoms with van der Waals surface area (Å²) in [6.45, 7) is 1.84. The van der Waals surface area contributed by atoms with Crippen molar-refractivity contribution in [1.82, 2.24) is 15.5 Å². The third-order valence-corrected chi connectivity index (χ3v) is 7.10. The number of nitrogens with zero attached hydrogens (tertiary/aromatic N) is 1. The van der Waals surface area contributed by atoms with Crippen LogP contribution in [0.2, 0.25) is 0 Å². The molecule has 9 nitrogen and oxygen atoms in total. The fourth-order valence-corrected chi connectivity index (χ4v) is 5.08. The van der Waals surface area contributed by atoms with Crippen LogP contribution in [0.5, 0.6) is 0 Å². The molecule has 0 spiro atoms. The van der Waals surface area contributed by atoms with Crippen LogP contribution in [0.4, 0.5) is 0 Å². The second-order valence-corrected chi connectivity index (χ2v) is 9.26. The molecule has 1 aromatic rings. The van der Waals surface area contributed by atoms with E-state index in [4.69, 9.17) is 10.5 Å². The van der Waals surface area contributed by atoms with Crippen LogP contribution < -0.4 is 16.4 Å². The number of piperidine rings is 1. The topological polar surface area (TPSA) is 131 Å². The number of amides is 4. The van der Waals surface area contributed by atoms with Crippen LogP contribution in [0.15, 0.2) is 18.2 Å². The van der Waals surface area contributed by atoms with Gasteiger partial charge in [-0.05, 0) is 49.8 Å². The van der Waals surface area contributed by atoms with E-state index < -0.39 is 23.8 Å². The highest BCUT2D eigenvalue weighted by Gasteiger charge is 2.48. The van der Waals surface area contributed by atoms with Crippen molar-refractivity contribution in [3.8, 4) is 0 Å². The SMILES string of the molecule is NC12CCC(CNCc3ccc4c(c3)C(=O)N(C3CCC(=O)NC3=O)C4=O)(CC1)OC2. The highest BCUT2D eigenvalue weighted by Crippen LogP contribution is 2.41. The van der Waals surface area contributed by atoms with Gasteiger partial charge >= 0.3 is 0 Å². The van der Waals surface area contributed by atoms with Crippen molar-refractivity contribution in [2.24, 2.45) is 5.73 Å². The minimum atomic E-state index is -0.949. The van der Waals surface area contributed by atoms with Crippen LogP contribution >= 0.6 is 0 Å². The van der Waals surface area contributed by atoms with Crippen LogP contribution in [-0.4, -0.2) is 58.9 Å². The third-order valence-electron chi connectivity index (χ3n) is 7.10. The Kier molecular flexibility index (Phi) is 4.72.